The predicted octanol–water partition coefficient (Wildman–Crippen LogP) is 2.21. The highest BCUT2D eigenvalue weighted by atomic mass is 16.5. The summed E-state index contributed by atoms with van der Waals surface area (Å²) in [7, 11) is 0. The van der Waals surface area contributed by atoms with Crippen LogP contribution in [0.25, 0.3) is 0 Å². The fraction of sp³-hybridized carbons (Fsp3) is 1.00. The van der Waals surface area contributed by atoms with Gasteiger partial charge in [-0.05, 0) is 18.8 Å². The van der Waals surface area contributed by atoms with Crippen LogP contribution >= 0.6 is 0 Å². The molecule has 13 heavy (non-hydrogen) atoms. The molecular formula is C11H22O2. The van der Waals surface area contributed by atoms with Crippen molar-refractivity contribution in [2.24, 2.45) is 11.8 Å². The van der Waals surface area contributed by atoms with E-state index in [9.17, 15) is 5.11 Å². The summed E-state index contributed by atoms with van der Waals surface area (Å²) < 4.78 is 5.77. The van der Waals surface area contributed by atoms with Crippen LogP contribution in [0.3, 0.4) is 0 Å². The number of rotatable bonds is 4. The minimum Gasteiger partial charge on any atom is -0.396 e. The fourth-order valence-electron chi connectivity index (χ4n) is 2.33. The molecule has 0 bridgehead atoms. The van der Waals surface area contributed by atoms with Crippen molar-refractivity contribution in [1.29, 1.82) is 0 Å². The molecule has 0 saturated carbocycles. The molecule has 0 aliphatic carbocycles. The summed E-state index contributed by atoms with van der Waals surface area (Å²) in [5.41, 5.74) is 0. The maximum absolute atomic E-state index is 9.22. The van der Waals surface area contributed by atoms with Gasteiger partial charge in [-0.2, -0.15) is 0 Å². The first-order valence-corrected chi connectivity index (χ1v) is 5.55. The number of aliphatic hydroxyl groups excluding tert-OH is 1. The van der Waals surface area contributed by atoms with Crippen LogP contribution in [0.15, 0.2) is 0 Å². The van der Waals surface area contributed by atoms with Crippen LogP contribution in [0, 0.1) is 11.8 Å². The Balaban J connectivity index is 2.51. The summed E-state index contributed by atoms with van der Waals surface area (Å²) in [6.45, 7) is 5.60. The van der Waals surface area contributed by atoms with Crippen molar-refractivity contribution < 1.29 is 9.84 Å². The second-order valence-electron chi connectivity index (χ2n) is 4.00. The smallest absolute Gasteiger partial charge is 0.0653 e. The molecule has 78 valence electrons. The standard InChI is InChI=1S/C11H22O2/c1-3-9(4-2)11-10(8-12)6-5-7-13-11/h9-12H,3-8H2,1-2H3. The Kier molecular flexibility index (Phi) is 4.74. The SMILES string of the molecule is CCC(CC)C1OCCCC1CO. The van der Waals surface area contributed by atoms with Crippen LogP contribution in [0.4, 0.5) is 0 Å². The van der Waals surface area contributed by atoms with Gasteiger partial charge in [-0.1, -0.05) is 26.7 Å². The minimum absolute atomic E-state index is 0.293. The highest BCUT2D eigenvalue weighted by molar-refractivity contribution is 4.79. The van der Waals surface area contributed by atoms with Crippen molar-refractivity contribution in [2.75, 3.05) is 13.2 Å². The third-order valence-corrected chi connectivity index (χ3v) is 3.24. The Morgan fingerprint density at radius 2 is 2.08 bits per heavy atom. The summed E-state index contributed by atoms with van der Waals surface area (Å²) >= 11 is 0. The number of ether oxygens (including phenoxy) is 1. The first-order chi connectivity index (χ1) is 6.33. The lowest BCUT2D eigenvalue weighted by molar-refractivity contribution is -0.0762. The second kappa shape index (κ2) is 5.61. The Bertz CT molecular complexity index is 125. The molecule has 1 fully saturated rings. The van der Waals surface area contributed by atoms with Gasteiger partial charge in [0.25, 0.3) is 0 Å². The molecule has 1 aliphatic heterocycles. The van der Waals surface area contributed by atoms with E-state index < -0.39 is 0 Å². The van der Waals surface area contributed by atoms with E-state index in [4.69, 9.17) is 4.74 Å². The molecule has 1 N–H and O–H groups in total. The molecule has 0 spiro atoms. The lowest BCUT2D eigenvalue weighted by atomic mass is 9.83. The van der Waals surface area contributed by atoms with Gasteiger partial charge in [-0.15, -0.1) is 0 Å². The van der Waals surface area contributed by atoms with Gasteiger partial charge in [0.2, 0.25) is 0 Å². The Morgan fingerprint density at radius 1 is 1.38 bits per heavy atom. The van der Waals surface area contributed by atoms with Crippen LogP contribution in [-0.4, -0.2) is 24.4 Å². The van der Waals surface area contributed by atoms with Crippen molar-refractivity contribution in [3.8, 4) is 0 Å². The highest BCUT2D eigenvalue weighted by Gasteiger charge is 2.30. The zero-order chi connectivity index (χ0) is 9.68. The summed E-state index contributed by atoms with van der Waals surface area (Å²) in [6, 6.07) is 0. The zero-order valence-electron chi connectivity index (χ0n) is 8.83. The molecule has 2 atom stereocenters. The Morgan fingerprint density at radius 3 is 2.62 bits per heavy atom. The maximum Gasteiger partial charge on any atom is 0.0653 e. The first-order valence-electron chi connectivity index (χ1n) is 5.55. The predicted molar refractivity (Wildman–Crippen MR) is 53.6 cm³/mol. The molecule has 1 heterocycles. The van der Waals surface area contributed by atoms with Gasteiger partial charge < -0.3 is 9.84 Å². The minimum atomic E-state index is 0.293. The van der Waals surface area contributed by atoms with E-state index in [-0.39, 0.29) is 0 Å². The molecule has 0 amide bonds. The van der Waals surface area contributed by atoms with Crippen molar-refractivity contribution >= 4 is 0 Å². The van der Waals surface area contributed by atoms with Crippen LogP contribution < -0.4 is 0 Å². The van der Waals surface area contributed by atoms with E-state index >= 15 is 0 Å². The first kappa shape index (κ1) is 11.0. The van der Waals surface area contributed by atoms with Crippen molar-refractivity contribution in [1.82, 2.24) is 0 Å². The molecule has 0 aromatic heterocycles. The number of aliphatic hydroxyl groups is 1. The lowest BCUT2D eigenvalue weighted by Gasteiger charge is -2.35. The average Bonchev–Trinajstić information content (AvgIpc) is 2.20. The van der Waals surface area contributed by atoms with E-state index in [1.54, 1.807) is 0 Å². The molecule has 2 nitrogen and oxygen atoms in total. The highest BCUT2D eigenvalue weighted by Crippen LogP contribution is 2.29. The third kappa shape index (κ3) is 2.68. The van der Waals surface area contributed by atoms with Crippen LogP contribution in [0.5, 0.6) is 0 Å². The van der Waals surface area contributed by atoms with Gasteiger partial charge in [-0.25, -0.2) is 0 Å². The largest absolute Gasteiger partial charge is 0.396 e. The summed E-state index contributed by atoms with van der Waals surface area (Å²) in [5.74, 6) is 1.02. The lowest BCUT2D eigenvalue weighted by Crippen LogP contribution is -2.37. The van der Waals surface area contributed by atoms with E-state index in [1.807, 2.05) is 0 Å². The van der Waals surface area contributed by atoms with E-state index in [0.29, 0.717) is 24.5 Å². The molecular weight excluding hydrogens is 164 g/mol. The summed E-state index contributed by atoms with van der Waals surface area (Å²) in [6.07, 6.45) is 4.89. The van der Waals surface area contributed by atoms with E-state index in [1.165, 1.54) is 0 Å². The molecule has 1 rings (SSSR count). The summed E-state index contributed by atoms with van der Waals surface area (Å²) in [4.78, 5) is 0. The molecule has 1 saturated heterocycles. The van der Waals surface area contributed by atoms with Crippen LogP contribution in [0.1, 0.15) is 39.5 Å². The summed E-state index contributed by atoms with van der Waals surface area (Å²) in [5, 5.41) is 9.22. The van der Waals surface area contributed by atoms with Crippen molar-refractivity contribution in [3.63, 3.8) is 0 Å². The second-order valence-corrected chi connectivity index (χ2v) is 4.00. The van der Waals surface area contributed by atoms with Gasteiger partial charge in [0, 0.05) is 19.1 Å². The van der Waals surface area contributed by atoms with Gasteiger partial charge in [0.05, 0.1) is 6.10 Å². The molecule has 2 heteroatoms. The molecule has 0 radical (unpaired) electrons. The molecule has 0 aromatic carbocycles. The average molecular weight is 186 g/mol. The third-order valence-electron chi connectivity index (χ3n) is 3.24. The van der Waals surface area contributed by atoms with Crippen LogP contribution in [-0.2, 0) is 4.74 Å². The maximum atomic E-state index is 9.22. The van der Waals surface area contributed by atoms with Crippen molar-refractivity contribution in [3.05, 3.63) is 0 Å². The van der Waals surface area contributed by atoms with Gasteiger partial charge >= 0.3 is 0 Å². The molecule has 2 unspecified atom stereocenters. The van der Waals surface area contributed by atoms with Gasteiger partial charge in [0.15, 0.2) is 0 Å². The van der Waals surface area contributed by atoms with E-state index in [0.717, 1.165) is 32.3 Å². The van der Waals surface area contributed by atoms with Crippen molar-refractivity contribution in [2.45, 2.75) is 45.6 Å². The molecule has 0 aromatic rings. The zero-order valence-corrected chi connectivity index (χ0v) is 8.83. The quantitative estimate of drug-likeness (QED) is 0.729. The number of hydrogen-bond donors (Lipinski definition) is 1. The topological polar surface area (TPSA) is 29.5 Å². The monoisotopic (exact) mass is 186 g/mol. The fourth-order valence-corrected chi connectivity index (χ4v) is 2.33. The normalized spacial score (nSPS) is 29.5. The van der Waals surface area contributed by atoms with Gasteiger partial charge in [-0.3, -0.25) is 0 Å². The van der Waals surface area contributed by atoms with E-state index in [2.05, 4.69) is 13.8 Å². The van der Waals surface area contributed by atoms with Gasteiger partial charge in [0.1, 0.15) is 0 Å². The van der Waals surface area contributed by atoms with Crippen LogP contribution in [0.2, 0.25) is 0 Å². The number of hydrogen-bond acceptors (Lipinski definition) is 2. The Labute approximate surface area is 81.3 Å². The Hall–Kier alpha value is -0.0800. The molecule has 1 aliphatic rings.